The molecule has 2 heterocycles. The van der Waals surface area contributed by atoms with Gasteiger partial charge in [-0.3, -0.25) is 0 Å². The first-order chi connectivity index (χ1) is 23.0. The Morgan fingerprint density at radius 2 is 1.54 bits per heavy atom. The number of phenols is 2. The van der Waals surface area contributed by atoms with E-state index in [2.05, 4.69) is 19.9 Å². The summed E-state index contributed by atoms with van der Waals surface area (Å²) in [7, 11) is 0. The summed E-state index contributed by atoms with van der Waals surface area (Å²) < 4.78 is 16.7. The maximum atomic E-state index is 12.3. The Hall–Kier alpha value is -3.19. The van der Waals surface area contributed by atoms with Crippen LogP contribution in [-0.2, 0) is 22.3 Å². The summed E-state index contributed by atoms with van der Waals surface area (Å²) in [4.78, 5) is 12.3. The number of benzene rings is 1. The molecule has 0 unspecified atom stereocenters. The first-order valence-electron chi connectivity index (χ1n) is 17.1. The Labute approximate surface area is 282 Å². The molecule has 0 spiro atoms. The van der Waals surface area contributed by atoms with Gasteiger partial charge in [-0.2, -0.15) is 0 Å². The zero-order valence-corrected chi connectivity index (χ0v) is 28.3. The number of rotatable bonds is 19. The topological polar surface area (TPSA) is 190 Å². The zero-order chi connectivity index (χ0) is 35.2. The highest BCUT2D eigenvalue weighted by Crippen LogP contribution is 2.32. The second-order valence-corrected chi connectivity index (χ2v) is 12.8. The van der Waals surface area contributed by atoms with Crippen molar-refractivity contribution in [2.75, 3.05) is 6.61 Å². The van der Waals surface area contributed by atoms with Crippen LogP contribution in [0.4, 0.5) is 0 Å². The van der Waals surface area contributed by atoms with Crippen LogP contribution < -0.4 is 5.63 Å². The molecule has 1 saturated heterocycles. The number of hydrogen-bond donors (Lipinski definition) is 7. The van der Waals surface area contributed by atoms with Crippen LogP contribution in [0.1, 0.15) is 94.1 Å². The Balaban J connectivity index is 1.36. The van der Waals surface area contributed by atoms with Gasteiger partial charge in [0.15, 0.2) is 6.29 Å². The molecular weight excluding hydrogens is 620 g/mol. The van der Waals surface area contributed by atoms with E-state index in [1.54, 1.807) is 13.0 Å². The molecule has 11 nitrogen and oxygen atoms in total. The number of aromatic hydroxyl groups is 3. The number of hydrogen-bond acceptors (Lipinski definition) is 11. The lowest BCUT2D eigenvalue weighted by Gasteiger charge is -2.41. The summed E-state index contributed by atoms with van der Waals surface area (Å²) in [6.07, 6.45) is 10.5. The van der Waals surface area contributed by atoms with Gasteiger partial charge in [0.2, 0.25) is 0 Å². The molecule has 3 rings (SSSR count). The molecule has 1 fully saturated rings. The van der Waals surface area contributed by atoms with Crippen molar-refractivity contribution in [3.63, 3.8) is 0 Å². The molecule has 0 bridgehead atoms. The predicted molar refractivity (Wildman–Crippen MR) is 181 cm³/mol. The van der Waals surface area contributed by atoms with E-state index in [1.165, 1.54) is 12.1 Å². The third-order valence-corrected chi connectivity index (χ3v) is 9.07. The Bertz CT molecular complexity index is 1380. The van der Waals surface area contributed by atoms with Crippen molar-refractivity contribution in [2.24, 2.45) is 5.92 Å². The van der Waals surface area contributed by atoms with Gasteiger partial charge in [-0.15, -0.1) is 0 Å². The van der Waals surface area contributed by atoms with Gasteiger partial charge >= 0.3 is 5.63 Å². The fraction of sp³-hybridized carbons (Fsp3) is 0.595. The van der Waals surface area contributed by atoms with Gasteiger partial charge in [0.25, 0.3) is 0 Å². The van der Waals surface area contributed by atoms with Gasteiger partial charge in [0, 0.05) is 24.1 Å². The number of allylic oxidation sites excluding steroid dienone is 4. The van der Waals surface area contributed by atoms with Crippen LogP contribution >= 0.6 is 0 Å². The summed E-state index contributed by atoms with van der Waals surface area (Å²) in [5.74, 6) is 0.0845. The highest BCUT2D eigenvalue weighted by Gasteiger charge is 2.45. The second-order valence-electron chi connectivity index (χ2n) is 12.8. The standard InChI is InChI=1S/C37H54O11/c1-4-23(2)31(47-37-35(44)34(43)33(42)32(22-38)48-37)17-15-13-11-9-7-5-6-8-10-12-14-16-25-19-26(39)20-30(41)27(25)21-28-29(40)18-24(3)46-36(28)45/h6,8,10,12,18-20,23,31-35,37-44H,4-5,7,9,11,13-17,21-22H2,1-3H3/b8-6+,12-10+/t23-,31+,32+,33+,34-,35+,37-/m0/s1. The molecule has 0 amide bonds. The van der Waals surface area contributed by atoms with Crippen molar-refractivity contribution >= 4 is 0 Å². The molecule has 0 saturated carbocycles. The maximum Gasteiger partial charge on any atom is 0.343 e. The minimum Gasteiger partial charge on any atom is -0.508 e. The van der Waals surface area contributed by atoms with Gasteiger partial charge < -0.3 is 49.6 Å². The van der Waals surface area contributed by atoms with E-state index in [9.17, 15) is 40.5 Å². The van der Waals surface area contributed by atoms with Crippen molar-refractivity contribution in [1.29, 1.82) is 0 Å². The van der Waals surface area contributed by atoms with Crippen molar-refractivity contribution in [1.82, 2.24) is 0 Å². The quantitative estimate of drug-likeness (QED) is 0.0810. The van der Waals surface area contributed by atoms with E-state index in [0.29, 0.717) is 29.7 Å². The molecule has 48 heavy (non-hydrogen) atoms. The van der Waals surface area contributed by atoms with Crippen LogP contribution in [0.25, 0.3) is 0 Å². The maximum absolute atomic E-state index is 12.3. The van der Waals surface area contributed by atoms with Gasteiger partial charge in [0.05, 0.1) is 18.3 Å². The molecule has 1 aromatic heterocycles. The normalized spacial score (nSPS) is 22.9. The van der Waals surface area contributed by atoms with E-state index in [-0.39, 0.29) is 41.3 Å². The molecule has 1 aliphatic heterocycles. The number of aliphatic hydroxyl groups is 4. The predicted octanol–water partition coefficient (Wildman–Crippen LogP) is 4.66. The summed E-state index contributed by atoms with van der Waals surface area (Å²) in [5, 5.41) is 70.6. The Kier molecular flexibility index (Phi) is 16.1. The molecule has 7 atom stereocenters. The lowest BCUT2D eigenvalue weighted by Crippen LogP contribution is -2.59. The summed E-state index contributed by atoms with van der Waals surface area (Å²) >= 11 is 0. The lowest BCUT2D eigenvalue weighted by atomic mass is 9.95. The highest BCUT2D eigenvalue weighted by atomic mass is 16.7. The van der Waals surface area contributed by atoms with Gasteiger partial charge in [-0.1, -0.05) is 70.3 Å². The van der Waals surface area contributed by atoms with Crippen LogP contribution in [0, 0.1) is 12.8 Å². The second kappa shape index (κ2) is 19.7. The molecule has 0 aliphatic carbocycles. The molecule has 268 valence electrons. The monoisotopic (exact) mass is 674 g/mol. The van der Waals surface area contributed by atoms with E-state index >= 15 is 0 Å². The third kappa shape index (κ3) is 11.5. The molecule has 1 aromatic carbocycles. The Morgan fingerprint density at radius 1 is 0.875 bits per heavy atom. The van der Waals surface area contributed by atoms with Crippen LogP contribution in [0.2, 0.25) is 0 Å². The summed E-state index contributed by atoms with van der Waals surface area (Å²) in [6.45, 7) is 5.23. The number of ether oxygens (including phenoxy) is 2. The molecule has 2 aromatic rings. The number of unbranched alkanes of at least 4 members (excludes halogenated alkanes) is 5. The molecule has 0 radical (unpaired) electrons. The molecular formula is C37H54O11. The average Bonchev–Trinajstić information content (AvgIpc) is 3.04. The number of aryl methyl sites for hydroxylation is 2. The first kappa shape index (κ1) is 39.3. The van der Waals surface area contributed by atoms with Crippen molar-refractivity contribution < 1.29 is 49.6 Å². The minimum absolute atomic E-state index is 0.0200. The van der Waals surface area contributed by atoms with Crippen LogP contribution in [0.15, 0.2) is 51.7 Å². The highest BCUT2D eigenvalue weighted by molar-refractivity contribution is 5.49. The number of phenolic OH excluding ortho intramolecular Hbond substituents is 2. The SMILES string of the molecule is CC[C@H](C)[C@@H](CCCCCCC/C=C/C=C/CCc1cc(O)cc(O)c1Cc1c(O)cc(C)oc1=O)O[C@H]1O[C@H](CO)[C@@H](O)[C@H](O)[C@H]1O. The molecule has 11 heteroatoms. The van der Waals surface area contributed by atoms with Gasteiger partial charge in [-0.05, 0) is 56.6 Å². The summed E-state index contributed by atoms with van der Waals surface area (Å²) in [5.41, 5.74) is 0.528. The van der Waals surface area contributed by atoms with Crippen LogP contribution in [0.3, 0.4) is 0 Å². The Morgan fingerprint density at radius 3 is 2.23 bits per heavy atom. The van der Waals surface area contributed by atoms with Crippen molar-refractivity contribution in [2.45, 2.75) is 128 Å². The van der Waals surface area contributed by atoms with Gasteiger partial charge in [-0.25, -0.2) is 4.79 Å². The smallest absolute Gasteiger partial charge is 0.343 e. The first-order valence-corrected chi connectivity index (χ1v) is 17.1. The number of aliphatic hydroxyl groups excluding tert-OH is 4. The minimum atomic E-state index is -1.45. The van der Waals surface area contributed by atoms with E-state index < -0.39 is 42.9 Å². The van der Waals surface area contributed by atoms with E-state index in [1.807, 2.05) is 18.2 Å². The fourth-order valence-corrected chi connectivity index (χ4v) is 5.92. The third-order valence-electron chi connectivity index (χ3n) is 9.07. The van der Waals surface area contributed by atoms with E-state index in [0.717, 1.165) is 51.4 Å². The fourth-order valence-electron chi connectivity index (χ4n) is 5.92. The van der Waals surface area contributed by atoms with Crippen LogP contribution in [0.5, 0.6) is 17.2 Å². The van der Waals surface area contributed by atoms with Crippen molar-refractivity contribution in [3.05, 3.63) is 75.4 Å². The lowest BCUT2D eigenvalue weighted by molar-refractivity contribution is -0.315. The molecule has 7 N–H and O–H groups in total. The summed E-state index contributed by atoms with van der Waals surface area (Å²) in [6, 6.07) is 4.14. The largest absolute Gasteiger partial charge is 0.508 e. The van der Waals surface area contributed by atoms with E-state index in [4.69, 9.17) is 13.9 Å². The van der Waals surface area contributed by atoms with Crippen LogP contribution in [-0.4, -0.2) is 79.2 Å². The molecule has 1 aliphatic rings. The zero-order valence-electron chi connectivity index (χ0n) is 28.3. The van der Waals surface area contributed by atoms with Gasteiger partial charge in [0.1, 0.15) is 47.4 Å². The van der Waals surface area contributed by atoms with Crippen molar-refractivity contribution in [3.8, 4) is 17.2 Å². The average molecular weight is 675 g/mol.